The van der Waals surface area contributed by atoms with Gasteiger partial charge in [-0.2, -0.15) is 0 Å². The summed E-state index contributed by atoms with van der Waals surface area (Å²) in [5.74, 6) is -2.35. The van der Waals surface area contributed by atoms with Crippen LogP contribution in [0.3, 0.4) is 0 Å². The van der Waals surface area contributed by atoms with Crippen LogP contribution in [0.2, 0.25) is 0 Å². The molecule has 37 heavy (non-hydrogen) atoms. The van der Waals surface area contributed by atoms with E-state index in [1.807, 2.05) is 36.5 Å². The molecule has 0 aliphatic heterocycles. The topological polar surface area (TPSA) is 22.1 Å². The van der Waals surface area contributed by atoms with Crippen LogP contribution in [0, 0.1) is 11.6 Å². The van der Waals surface area contributed by atoms with Gasteiger partial charge in [0, 0.05) is 17.3 Å². The molecule has 1 heterocycles. The Morgan fingerprint density at radius 2 is 1.51 bits per heavy atom. The van der Waals surface area contributed by atoms with Crippen LogP contribution in [0.15, 0.2) is 79.5 Å². The van der Waals surface area contributed by atoms with Crippen molar-refractivity contribution < 1.29 is 26.7 Å². The van der Waals surface area contributed by atoms with Gasteiger partial charge < -0.3 is 4.74 Å². The fraction of sp³-hybridized carbons (Fsp3) is 0.233. The number of ether oxygens (including phenoxy) is 1. The molecule has 0 fully saturated rings. The lowest BCUT2D eigenvalue weighted by Crippen LogP contribution is -2.18. The Bertz CT molecular complexity index is 1380. The highest BCUT2D eigenvalue weighted by Gasteiger charge is 2.32. The molecular weight excluding hydrogens is 485 g/mol. The number of halogens is 5. The van der Waals surface area contributed by atoms with Gasteiger partial charge in [-0.1, -0.05) is 48.5 Å². The zero-order chi connectivity index (χ0) is 26.4. The Kier molecular flexibility index (Phi) is 8.21. The number of hydrogen-bond acceptors (Lipinski definition) is 2. The van der Waals surface area contributed by atoms with Crippen molar-refractivity contribution in [2.24, 2.45) is 0 Å². The van der Waals surface area contributed by atoms with Gasteiger partial charge in [0.1, 0.15) is 5.82 Å². The molecule has 4 aromatic rings. The Morgan fingerprint density at radius 1 is 0.784 bits per heavy atom. The van der Waals surface area contributed by atoms with Crippen LogP contribution in [0.1, 0.15) is 34.4 Å². The molecule has 1 aromatic heterocycles. The van der Waals surface area contributed by atoms with Crippen LogP contribution in [0.25, 0.3) is 10.8 Å². The SMILES string of the molecule is C=CCCc1ccc(CCc2ccc3c(F)c(CCc4ccc(OC(F)(F)F)c(F)c4)ccc3c2)nc1. The van der Waals surface area contributed by atoms with Crippen molar-refractivity contribution in [1.82, 2.24) is 4.98 Å². The normalized spacial score (nSPS) is 11.6. The van der Waals surface area contributed by atoms with Crippen LogP contribution in [0.4, 0.5) is 22.0 Å². The lowest BCUT2D eigenvalue weighted by Gasteiger charge is -2.11. The summed E-state index contributed by atoms with van der Waals surface area (Å²) >= 11 is 0. The Labute approximate surface area is 212 Å². The summed E-state index contributed by atoms with van der Waals surface area (Å²) in [5.41, 5.74) is 4.16. The van der Waals surface area contributed by atoms with Crippen LogP contribution in [-0.2, 0) is 32.1 Å². The van der Waals surface area contributed by atoms with Crippen LogP contribution in [0.5, 0.6) is 5.75 Å². The summed E-state index contributed by atoms with van der Waals surface area (Å²) in [4.78, 5) is 4.53. The molecule has 0 atom stereocenters. The van der Waals surface area contributed by atoms with Crippen molar-refractivity contribution in [1.29, 1.82) is 0 Å². The van der Waals surface area contributed by atoms with Crippen molar-refractivity contribution in [3.05, 3.63) is 119 Å². The Hall–Kier alpha value is -3.74. The molecule has 0 saturated carbocycles. The van der Waals surface area contributed by atoms with E-state index in [2.05, 4.69) is 22.4 Å². The number of pyridine rings is 1. The summed E-state index contributed by atoms with van der Waals surface area (Å²) in [6, 6.07) is 16.6. The first-order valence-corrected chi connectivity index (χ1v) is 12.0. The molecule has 0 saturated heterocycles. The molecule has 2 nitrogen and oxygen atoms in total. The molecular formula is C30H26F5NO. The second-order valence-electron chi connectivity index (χ2n) is 8.89. The number of nitrogens with zero attached hydrogens (tertiary/aromatic N) is 1. The third kappa shape index (κ3) is 7.15. The number of fused-ring (bicyclic) bond motifs is 1. The molecule has 192 valence electrons. The maximum Gasteiger partial charge on any atom is 0.573 e. The highest BCUT2D eigenvalue weighted by atomic mass is 19.4. The summed E-state index contributed by atoms with van der Waals surface area (Å²) < 4.78 is 69.7. The maximum atomic E-state index is 15.2. The van der Waals surface area contributed by atoms with E-state index in [0.29, 0.717) is 16.5 Å². The summed E-state index contributed by atoms with van der Waals surface area (Å²) in [5, 5.41) is 1.28. The van der Waals surface area contributed by atoms with E-state index in [4.69, 9.17) is 0 Å². The quantitative estimate of drug-likeness (QED) is 0.159. The molecule has 0 aliphatic rings. The van der Waals surface area contributed by atoms with Gasteiger partial charge in [0.25, 0.3) is 0 Å². The van der Waals surface area contributed by atoms with E-state index >= 15 is 4.39 Å². The van der Waals surface area contributed by atoms with Gasteiger partial charge in [0.2, 0.25) is 0 Å². The predicted octanol–water partition coefficient (Wildman–Crippen LogP) is 8.10. The average Bonchev–Trinajstić information content (AvgIpc) is 2.87. The summed E-state index contributed by atoms with van der Waals surface area (Å²) in [6.45, 7) is 3.74. The average molecular weight is 512 g/mol. The van der Waals surface area contributed by atoms with Crippen LogP contribution in [-0.4, -0.2) is 11.3 Å². The Balaban J connectivity index is 1.39. The van der Waals surface area contributed by atoms with E-state index in [1.165, 1.54) is 11.6 Å². The smallest absolute Gasteiger partial charge is 0.403 e. The zero-order valence-corrected chi connectivity index (χ0v) is 20.1. The summed E-state index contributed by atoms with van der Waals surface area (Å²) in [6.07, 6.45) is 2.76. The number of benzene rings is 3. The maximum absolute atomic E-state index is 15.2. The molecule has 0 bridgehead atoms. The monoisotopic (exact) mass is 511 g/mol. The minimum Gasteiger partial charge on any atom is -0.403 e. The van der Waals surface area contributed by atoms with Gasteiger partial charge in [-0.25, -0.2) is 8.78 Å². The molecule has 0 radical (unpaired) electrons. The minimum atomic E-state index is -4.97. The number of rotatable bonds is 10. The fourth-order valence-corrected chi connectivity index (χ4v) is 4.21. The second kappa shape index (κ2) is 11.5. The number of alkyl halides is 3. The second-order valence-corrected chi connectivity index (χ2v) is 8.89. The van der Waals surface area contributed by atoms with Crippen molar-refractivity contribution >= 4 is 10.8 Å². The molecule has 4 rings (SSSR count). The standard InChI is InChI=1S/C30H26F5NO/c1-2-3-4-22-7-14-25(36-19-22)13-6-20-8-15-26-24(17-20)12-11-23(29(26)32)10-5-21-9-16-28(27(31)18-21)37-30(33,34)35/h2,7-9,11-12,14-19H,1,3-6,10,13H2. The van der Waals surface area contributed by atoms with Gasteiger partial charge in [-0.15, -0.1) is 19.8 Å². The van der Waals surface area contributed by atoms with Crippen molar-refractivity contribution in [2.75, 3.05) is 0 Å². The molecule has 3 aromatic carbocycles. The lowest BCUT2D eigenvalue weighted by molar-refractivity contribution is -0.275. The van der Waals surface area contributed by atoms with Gasteiger partial charge in [-0.3, -0.25) is 4.98 Å². The van der Waals surface area contributed by atoms with Crippen LogP contribution >= 0.6 is 0 Å². The third-order valence-corrected chi connectivity index (χ3v) is 6.20. The van der Waals surface area contributed by atoms with Gasteiger partial charge in [-0.05, 0) is 84.4 Å². The molecule has 0 aliphatic carbocycles. The van der Waals surface area contributed by atoms with Gasteiger partial charge in [0.15, 0.2) is 11.6 Å². The predicted molar refractivity (Wildman–Crippen MR) is 135 cm³/mol. The molecule has 0 N–H and O–H groups in total. The van der Waals surface area contributed by atoms with Gasteiger partial charge in [0.05, 0.1) is 0 Å². The largest absolute Gasteiger partial charge is 0.573 e. The highest BCUT2D eigenvalue weighted by molar-refractivity contribution is 5.84. The van der Waals surface area contributed by atoms with E-state index in [1.54, 1.807) is 12.1 Å². The number of allylic oxidation sites excluding steroid dienone is 1. The van der Waals surface area contributed by atoms with E-state index in [0.717, 1.165) is 54.5 Å². The first-order valence-electron chi connectivity index (χ1n) is 12.0. The molecule has 0 spiro atoms. The Morgan fingerprint density at radius 3 is 2.22 bits per heavy atom. The minimum absolute atomic E-state index is 0.267. The highest BCUT2D eigenvalue weighted by Crippen LogP contribution is 2.28. The molecule has 0 unspecified atom stereocenters. The first kappa shape index (κ1) is 26.3. The number of aromatic nitrogens is 1. The fourth-order valence-electron chi connectivity index (χ4n) is 4.21. The van der Waals surface area contributed by atoms with Crippen molar-refractivity contribution in [3.63, 3.8) is 0 Å². The lowest BCUT2D eigenvalue weighted by atomic mass is 9.97. The van der Waals surface area contributed by atoms with Crippen molar-refractivity contribution in [3.8, 4) is 5.75 Å². The number of aryl methyl sites for hydroxylation is 5. The summed E-state index contributed by atoms with van der Waals surface area (Å²) in [7, 11) is 0. The van der Waals surface area contributed by atoms with Crippen LogP contribution < -0.4 is 4.74 Å². The first-order chi connectivity index (χ1) is 17.7. The van der Waals surface area contributed by atoms with E-state index in [9.17, 15) is 17.6 Å². The zero-order valence-electron chi connectivity index (χ0n) is 20.1. The molecule has 0 amide bonds. The molecule has 7 heteroatoms. The van der Waals surface area contributed by atoms with Gasteiger partial charge >= 0.3 is 6.36 Å². The third-order valence-electron chi connectivity index (χ3n) is 6.20. The van der Waals surface area contributed by atoms with Crippen molar-refractivity contribution in [2.45, 2.75) is 44.9 Å². The number of hydrogen-bond donors (Lipinski definition) is 0. The van der Waals surface area contributed by atoms with E-state index in [-0.39, 0.29) is 18.7 Å². The van der Waals surface area contributed by atoms with E-state index < -0.39 is 17.9 Å².